The van der Waals surface area contributed by atoms with Crippen molar-refractivity contribution in [2.45, 2.75) is 12.8 Å². The summed E-state index contributed by atoms with van der Waals surface area (Å²) in [7, 11) is 0. The number of carbonyl (C=O) groups excluding carboxylic acids is 2. The van der Waals surface area contributed by atoms with E-state index in [1.807, 2.05) is 0 Å². The Morgan fingerprint density at radius 2 is 2.00 bits per heavy atom. The van der Waals surface area contributed by atoms with Crippen LogP contribution in [0.15, 0.2) is 30.3 Å². The minimum absolute atomic E-state index is 0.00533. The number of aliphatic hydroxyl groups excluding tert-OH is 1. The summed E-state index contributed by atoms with van der Waals surface area (Å²) < 4.78 is 13.5. The fourth-order valence-electron chi connectivity index (χ4n) is 2.49. The highest BCUT2D eigenvalue weighted by atomic mass is 35.5. The molecule has 0 bridgehead atoms. The molecule has 0 amide bonds. The van der Waals surface area contributed by atoms with Gasteiger partial charge in [0.2, 0.25) is 0 Å². The van der Waals surface area contributed by atoms with Crippen LogP contribution < -0.4 is 0 Å². The van der Waals surface area contributed by atoms with Crippen molar-refractivity contribution in [1.82, 2.24) is 0 Å². The Balaban J connectivity index is 2.79. The number of rotatable bonds is 6. The Morgan fingerprint density at radius 1 is 1.23 bits per heavy atom. The van der Waals surface area contributed by atoms with E-state index in [0.29, 0.717) is 34.8 Å². The van der Waals surface area contributed by atoms with Crippen molar-refractivity contribution < 1.29 is 19.1 Å². The van der Waals surface area contributed by atoms with Crippen LogP contribution in [0.4, 0.5) is 4.39 Å². The first kappa shape index (κ1) is 16.3. The van der Waals surface area contributed by atoms with Crippen LogP contribution in [0, 0.1) is 5.82 Å². The van der Waals surface area contributed by atoms with Crippen molar-refractivity contribution in [2.24, 2.45) is 0 Å². The van der Waals surface area contributed by atoms with Crippen LogP contribution in [0.1, 0.15) is 21.5 Å². The second-order valence-electron chi connectivity index (χ2n) is 4.76. The SMILES string of the molecule is O=CCc1c(Cl)cc(CCO)c(-c2cccc(F)c2)c1C=O. The van der Waals surface area contributed by atoms with Crippen molar-refractivity contribution in [2.75, 3.05) is 6.61 Å². The van der Waals surface area contributed by atoms with Gasteiger partial charge in [-0.25, -0.2) is 4.39 Å². The van der Waals surface area contributed by atoms with Crippen molar-refractivity contribution in [3.8, 4) is 11.1 Å². The number of hydrogen-bond acceptors (Lipinski definition) is 3. The Bertz CT molecular complexity index is 713. The van der Waals surface area contributed by atoms with Crippen molar-refractivity contribution in [1.29, 1.82) is 0 Å². The molecule has 2 aromatic rings. The van der Waals surface area contributed by atoms with Gasteiger partial charge in [0.15, 0.2) is 6.29 Å². The highest BCUT2D eigenvalue weighted by Crippen LogP contribution is 2.34. The van der Waals surface area contributed by atoms with Crippen molar-refractivity contribution in [3.63, 3.8) is 0 Å². The van der Waals surface area contributed by atoms with Crippen LogP contribution in [0.2, 0.25) is 5.02 Å². The van der Waals surface area contributed by atoms with Gasteiger partial charge in [0.25, 0.3) is 0 Å². The van der Waals surface area contributed by atoms with Gasteiger partial charge in [-0.3, -0.25) is 4.79 Å². The maximum absolute atomic E-state index is 13.5. The van der Waals surface area contributed by atoms with Crippen LogP contribution in [-0.2, 0) is 17.6 Å². The Morgan fingerprint density at radius 3 is 2.59 bits per heavy atom. The summed E-state index contributed by atoms with van der Waals surface area (Å²) in [4.78, 5) is 22.4. The largest absolute Gasteiger partial charge is 0.396 e. The summed E-state index contributed by atoms with van der Waals surface area (Å²) in [6, 6.07) is 7.44. The van der Waals surface area contributed by atoms with E-state index in [0.717, 1.165) is 0 Å². The Kier molecular flexibility index (Phi) is 5.41. The molecule has 114 valence electrons. The number of hydrogen-bond donors (Lipinski definition) is 1. The minimum Gasteiger partial charge on any atom is -0.396 e. The lowest BCUT2D eigenvalue weighted by atomic mass is 9.89. The van der Waals surface area contributed by atoms with E-state index in [-0.39, 0.29) is 30.0 Å². The molecule has 0 aliphatic rings. The van der Waals surface area contributed by atoms with Gasteiger partial charge in [-0.1, -0.05) is 23.7 Å². The molecular weight excluding hydrogens is 307 g/mol. The summed E-state index contributed by atoms with van der Waals surface area (Å²) in [5.74, 6) is -0.434. The van der Waals surface area contributed by atoms with E-state index in [9.17, 15) is 19.1 Å². The summed E-state index contributed by atoms with van der Waals surface area (Å²) in [6.45, 7) is -0.135. The standard InChI is InChI=1S/C17H14ClFO3/c18-16-9-12(4-6-20)17(11-2-1-3-13(19)8-11)15(10-22)14(16)5-7-21/h1-3,7-10,20H,4-6H2. The van der Waals surface area contributed by atoms with Gasteiger partial charge < -0.3 is 9.90 Å². The third-order valence-electron chi connectivity index (χ3n) is 3.40. The van der Waals surface area contributed by atoms with Gasteiger partial charge >= 0.3 is 0 Å². The third-order valence-corrected chi connectivity index (χ3v) is 3.74. The van der Waals surface area contributed by atoms with Crippen LogP contribution in [-0.4, -0.2) is 24.3 Å². The van der Waals surface area contributed by atoms with Gasteiger partial charge in [0.05, 0.1) is 0 Å². The Labute approximate surface area is 132 Å². The van der Waals surface area contributed by atoms with Crippen LogP contribution in [0.25, 0.3) is 11.1 Å². The lowest BCUT2D eigenvalue weighted by Gasteiger charge is -2.16. The molecule has 0 aromatic heterocycles. The van der Waals surface area contributed by atoms with Crippen LogP contribution in [0.5, 0.6) is 0 Å². The number of benzene rings is 2. The Hall–Kier alpha value is -2.04. The van der Waals surface area contributed by atoms with E-state index >= 15 is 0 Å². The van der Waals surface area contributed by atoms with E-state index in [1.54, 1.807) is 12.1 Å². The highest BCUT2D eigenvalue weighted by Gasteiger charge is 2.18. The molecule has 0 heterocycles. The lowest BCUT2D eigenvalue weighted by molar-refractivity contribution is -0.107. The molecule has 0 atom stereocenters. The molecule has 2 aromatic carbocycles. The second-order valence-corrected chi connectivity index (χ2v) is 5.16. The van der Waals surface area contributed by atoms with Crippen LogP contribution >= 0.6 is 11.6 Å². The fourth-order valence-corrected chi connectivity index (χ4v) is 2.80. The molecule has 0 radical (unpaired) electrons. The lowest BCUT2D eigenvalue weighted by Crippen LogP contribution is -2.05. The molecule has 0 aliphatic carbocycles. The second kappa shape index (κ2) is 7.29. The highest BCUT2D eigenvalue weighted by molar-refractivity contribution is 6.32. The molecule has 0 fully saturated rings. The smallest absolute Gasteiger partial charge is 0.151 e. The first-order chi connectivity index (χ1) is 10.6. The number of aliphatic hydroxyl groups is 1. The van der Waals surface area contributed by atoms with Crippen molar-refractivity contribution >= 4 is 24.2 Å². The van der Waals surface area contributed by atoms with E-state index in [4.69, 9.17) is 11.6 Å². The summed E-state index contributed by atoms with van der Waals surface area (Å²) in [5.41, 5.74) is 2.32. The zero-order valence-corrected chi connectivity index (χ0v) is 12.4. The van der Waals surface area contributed by atoms with E-state index in [1.165, 1.54) is 18.2 Å². The molecule has 0 spiro atoms. The molecule has 5 heteroatoms. The fraction of sp³-hybridized carbons (Fsp3) is 0.176. The zero-order valence-electron chi connectivity index (χ0n) is 11.7. The normalized spacial score (nSPS) is 10.5. The average molecular weight is 321 g/mol. The van der Waals surface area contributed by atoms with Gasteiger partial charge in [-0.15, -0.1) is 0 Å². The molecule has 22 heavy (non-hydrogen) atoms. The third kappa shape index (κ3) is 3.24. The van der Waals surface area contributed by atoms with Crippen molar-refractivity contribution in [3.05, 3.63) is 57.9 Å². The quantitative estimate of drug-likeness (QED) is 0.831. The number of halogens is 2. The van der Waals surface area contributed by atoms with Gasteiger partial charge in [0.1, 0.15) is 12.1 Å². The van der Waals surface area contributed by atoms with Gasteiger partial charge in [0, 0.05) is 23.6 Å². The maximum Gasteiger partial charge on any atom is 0.151 e. The molecule has 0 aliphatic heterocycles. The minimum atomic E-state index is -0.434. The zero-order chi connectivity index (χ0) is 16.1. The number of carbonyl (C=O) groups is 2. The van der Waals surface area contributed by atoms with E-state index in [2.05, 4.69) is 0 Å². The summed E-state index contributed by atoms with van der Waals surface area (Å²) in [6.07, 6.45) is 1.55. The first-order valence-electron chi connectivity index (χ1n) is 6.72. The van der Waals surface area contributed by atoms with E-state index < -0.39 is 5.82 Å². The molecule has 0 saturated heterocycles. The molecule has 2 rings (SSSR count). The predicted molar refractivity (Wildman–Crippen MR) is 82.8 cm³/mol. The predicted octanol–water partition coefficient (Wildman–Crippen LogP) is 3.23. The monoisotopic (exact) mass is 320 g/mol. The molecule has 0 unspecified atom stereocenters. The molecule has 3 nitrogen and oxygen atoms in total. The molecular formula is C17H14ClFO3. The summed E-state index contributed by atoms with van der Waals surface area (Å²) >= 11 is 6.15. The van der Waals surface area contributed by atoms with Gasteiger partial charge in [-0.05, 0) is 46.9 Å². The topological polar surface area (TPSA) is 54.4 Å². The molecule has 1 N–H and O–H groups in total. The average Bonchev–Trinajstić information content (AvgIpc) is 2.49. The summed E-state index contributed by atoms with van der Waals surface area (Å²) in [5, 5.41) is 9.50. The maximum atomic E-state index is 13.5. The van der Waals surface area contributed by atoms with Gasteiger partial charge in [-0.2, -0.15) is 0 Å². The first-order valence-corrected chi connectivity index (χ1v) is 7.10. The van der Waals surface area contributed by atoms with Crippen LogP contribution in [0.3, 0.4) is 0 Å². The molecule has 0 saturated carbocycles. The number of aldehydes is 2.